The molecular formula is C15H20ClN5O. The van der Waals surface area contributed by atoms with Crippen LogP contribution >= 0.6 is 12.4 Å². The normalized spacial score (nSPS) is 20.5. The fraction of sp³-hybridized carbons (Fsp3) is 0.400. The summed E-state index contributed by atoms with van der Waals surface area (Å²) in [6, 6.07) is 7.81. The second-order valence-corrected chi connectivity index (χ2v) is 5.61. The Labute approximate surface area is 135 Å². The molecule has 1 aliphatic rings. The fourth-order valence-corrected chi connectivity index (χ4v) is 2.78. The standard InChI is InChI=1S/C15H19N5O.ClH/c1-20-9-17-19-14(20)10-3-2-4-13(8-10)18-15(21)11-5-6-12(16)7-11;/h2-4,8-9,11-12H,5-7,16H2,1H3,(H,18,21);1H. The Hall–Kier alpha value is -1.92. The molecule has 3 rings (SSSR count). The molecular weight excluding hydrogens is 302 g/mol. The number of halogens is 1. The van der Waals surface area contributed by atoms with Crippen LogP contribution in [0.1, 0.15) is 19.3 Å². The van der Waals surface area contributed by atoms with Crippen LogP contribution in [0.2, 0.25) is 0 Å². The molecule has 1 heterocycles. The lowest BCUT2D eigenvalue weighted by atomic mass is 10.1. The van der Waals surface area contributed by atoms with E-state index in [0.717, 1.165) is 36.3 Å². The van der Waals surface area contributed by atoms with E-state index in [-0.39, 0.29) is 30.3 Å². The van der Waals surface area contributed by atoms with Crippen LogP contribution in [0.4, 0.5) is 5.69 Å². The third-order valence-corrected chi connectivity index (χ3v) is 3.94. The SMILES string of the molecule is Cl.Cn1cnnc1-c1cccc(NC(=O)C2CCC(N)C2)c1. The summed E-state index contributed by atoms with van der Waals surface area (Å²) in [6.45, 7) is 0. The zero-order valence-electron chi connectivity index (χ0n) is 12.4. The number of nitrogens with one attached hydrogen (secondary N) is 1. The Kier molecular flexibility index (Phi) is 5.15. The van der Waals surface area contributed by atoms with Gasteiger partial charge in [-0.1, -0.05) is 12.1 Å². The van der Waals surface area contributed by atoms with Gasteiger partial charge in [-0.2, -0.15) is 0 Å². The van der Waals surface area contributed by atoms with E-state index >= 15 is 0 Å². The topological polar surface area (TPSA) is 85.8 Å². The van der Waals surface area contributed by atoms with Gasteiger partial charge in [0.15, 0.2) is 5.82 Å². The molecule has 2 unspecified atom stereocenters. The Morgan fingerprint density at radius 2 is 2.23 bits per heavy atom. The number of anilines is 1. The van der Waals surface area contributed by atoms with E-state index in [1.165, 1.54) is 0 Å². The second kappa shape index (κ2) is 6.89. The quantitative estimate of drug-likeness (QED) is 0.905. The Morgan fingerprint density at radius 1 is 1.41 bits per heavy atom. The van der Waals surface area contributed by atoms with Crippen molar-refractivity contribution in [3.05, 3.63) is 30.6 Å². The summed E-state index contributed by atoms with van der Waals surface area (Å²) in [4.78, 5) is 12.2. The lowest BCUT2D eigenvalue weighted by Crippen LogP contribution is -2.23. The van der Waals surface area contributed by atoms with Crippen molar-refractivity contribution < 1.29 is 4.79 Å². The van der Waals surface area contributed by atoms with Crippen molar-refractivity contribution in [2.45, 2.75) is 25.3 Å². The van der Waals surface area contributed by atoms with E-state index in [4.69, 9.17) is 5.73 Å². The number of nitrogens with two attached hydrogens (primary N) is 1. The first-order valence-electron chi connectivity index (χ1n) is 7.14. The minimum atomic E-state index is 0. The maximum absolute atomic E-state index is 12.2. The highest BCUT2D eigenvalue weighted by molar-refractivity contribution is 5.93. The van der Waals surface area contributed by atoms with Crippen LogP contribution < -0.4 is 11.1 Å². The lowest BCUT2D eigenvalue weighted by Gasteiger charge is -2.11. The number of amides is 1. The van der Waals surface area contributed by atoms with Crippen LogP contribution in [0.3, 0.4) is 0 Å². The number of hydrogen-bond donors (Lipinski definition) is 2. The number of hydrogen-bond acceptors (Lipinski definition) is 4. The second-order valence-electron chi connectivity index (χ2n) is 5.61. The Bertz CT molecular complexity index is 657. The minimum absolute atomic E-state index is 0. The summed E-state index contributed by atoms with van der Waals surface area (Å²) in [6.07, 6.45) is 4.22. The molecule has 0 spiro atoms. The molecule has 1 aliphatic carbocycles. The van der Waals surface area contributed by atoms with Crippen LogP contribution in [-0.4, -0.2) is 26.7 Å². The summed E-state index contributed by atoms with van der Waals surface area (Å²) >= 11 is 0. The maximum Gasteiger partial charge on any atom is 0.227 e. The predicted molar refractivity (Wildman–Crippen MR) is 87.6 cm³/mol. The van der Waals surface area contributed by atoms with Crippen LogP contribution in [0, 0.1) is 5.92 Å². The van der Waals surface area contributed by atoms with Gasteiger partial charge in [0.05, 0.1) is 0 Å². The highest BCUT2D eigenvalue weighted by Gasteiger charge is 2.27. The molecule has 1 aromatic heterocycles. The van der Waals surface area contributed by atoms with Gasteiger partial charge in [-0.05, 0) is 31.4 Å². The Balaban J connectivity index is 0.00000176. The van der Waals surface area contributed by atoms with E-state index in [2.05, 4.69) is 15.5 Å². The molecule has 1 amide bonds. The molecule has 0 aliphatic heterocycles. The number of carbonyl (C=O) groups is 1. The van der Waals surface area contributed by atoms with Gasteiger partial charge >= 0.3 is 0 Å². The van der Waals surface area contributed by atoms with Crippen molar-refractivity contribution in [3.63, 3.8) is 0 Å². The number of benzene rings is 1. The summed E-state index contributed by atoms with van der Waals surface area (Å²) in [5.41, 5.74) is 7.57. The smallest absolute Gasteiger partial charge is 0.227 e. The van der Waals surface area contributed by atoms with Gasteiger partial charge in [0.2, 0.25) is 5.91 Å². The van der Waals surface area contributed by atoms with Crippen molar-refractivity contribution >= 4 is 24.0 Å². The number of nitrogens with zero attached hydrogens (tertiary/aromatic N) is 3. The predicted octanol–water partition coefficient (Wildman–Crippen LogP) is 1.97. The van der Waals surface area contributed by atoms with Crippen LogP contribution in [0.15, 0.2) is 30.6 Å². The van der Waals surface area contributed by atoms with Crippen LogP contribution in [0.5, 0.6) is 0 Å². The zero-order valence-corrected chi connectivity index (χ0v) is 13.2. The van der Waals surface area contributed by atoms with Crippen molar-refractivity contribution in [1.82, 2.24) is 14.8 Å². The van der Waals surface area contributed by atoms with Gasteiger partial charge in [0, 0.05) is 30.3 Å². The van der Waals surface area contributed by atoms with E-state index < -0.39 is 0 Å². The molecule has 3 N–H and O–H groups in total. The monoisotopic (exact) mass is 321 g/mol. The lowest BCUT2D eigenvalue weighted by molar-refractivity contribution is -0.119. The summed E-state index contributed by atoms with van der Waals surface area (Å²) < 4.78 is 1.84. The van der Waals surface area contributed by atoms with Crippen molar-refractivity contribution in [2.24, 2.45) is 18.7 Å². The first kappa shape index (κ1) is 16.5. The summed E-state index contributed by atoms with van der Waals surface area (Å²) in [5.74, 6) is 0.852. The molecule has 2 aromatic rings. The van der Waals surface area contributed by atoms with Crippen LogP contribution in [0.25, 0.3) is 11.4 Å². The van der Waals surface area contributed by atoms with Crippen molar-refractivity contribution in [3.8, 4) is 11.4 Å². The van der Waals surface area contributed by atoms with E-state index in [1.807, 2.05) is 35.9 Å². The van der Waals surface area contributed by atoms with Gasteiger partial charge < -0.3 is 15.6 Å². The van der Waals surface area contributed by atoms with Gasteiger partial charge in [0.25, 0.3) is 0 Å². The zero-order chi connectivity index (χ0) is 14.8. The van der Waals surface area contributed by atoms with Crippen molar-refractivity contribution in [1.29, 1.82) is 0 Å². The van der Waals surface area contributed by atoms with Gasteiger partial charge in [0.1, 0.15) is 6.33 Å². The summed E-state index contributed by atoms with van der Waals surface area (Å²) in [5, 5.41) is 10.9. The highest BCUT2D eigenvalue weighted by Crippen LogP contribution is 2.26. The highest BCUT2D eigenvalue weighted by atomic mass is 35.5. The van der Waals surface area contributed by atoms with Gasteiger partial charge in [-0.3, -0.25) is 4.79 Å². The molecule has 7 heteroatoms. The maximum atomic E-state index is 12.2. The number of aryl methyl sites for hydroxylation is 1. The molecule has 1 saturated carbocycles. The first-order chi connectivity index (χ1) is 10.1. The minimum Gasteiger partial charge on any atom is -0.328 e. The molecule has 118 valence electrons. The fourth-order valence-electron chi connectivity index (χ4n) is 2.78. The van der Waals surface area contributed by atoms with E-state index in [9.17, 15) is 4.79 Å². The third kappa shape index (κ3) is 3.45. The molecule has 1 fully saturated rings. The molecule has 2 atom stereocenters. The average molecular weight is 322 g/mol. The molecule has 1 aromatic carbocycles. The van der Waals surface area contributed by atoms with Gasteiger partial charge in [-0.25, -0.2) is 0 Å². The number of carbonyl (C=O) groups excluding carboxylic acids is 1. The van der Waals surface area contributed by atoms with Crippen molar-refractivity contribution in [2.75, 3.05) is 5.32 Å². The molecule has 6 nitrogen and oxygen atoms in total. The number of rotatable bonds is 3. The van der Waals surface area contributed by atoms with Gasteiger partial charge in [-0.15, -0.1) is 22.6 Å². The largest absolute Gasteiger partial charge is 0.328 e. The Morgan fingerprint density at radius 3 is 2.86 bits per heavy atom. The third-order valence-electron chi connectivity index (χ3n) is 3.94. The molecule has 0 bridgehead atoms. The first-order valence-corrected chi connectivity index (χ1v) is 7.14. The van der Waals surface area contributed by atoms with E-state index in [0.29, 0.717) is 0 Å². The van der Waals surface area contributed by atoms with E-state index in [1.54, 1.807) is 6.33 Å². The summed E-state index contributed by atoms with van der Waals surface area (Å²) in [7, 11) is 1.89. The molecule has 0 saturated heterocycles. The number of aromatic nitrogens is 3. The van der Waals surface area contributed by atoms with Crippen LogP contribution in [-0.2, 0) is 11.8 Å². The molecule has 22 heavy (non-hydrogen) atoms. The molecule has 0 radical (unpaired) electrons. The average Bonchev–Trinajstić information content (AvgIpc) is 3.08.